The minimum atomic E-state index is -0.390. The van der Waals surface area contributed by atoms with E-state index in [4.69, 9.17) is 4.74 Å². The highest BCUT2D eigenvalue weighted by atomic mass is 16.5. The number of aromatic nitrogens is 2. The summed E-state index contributed by atoms with van der Waals surface area (Å²) in [7, 11) is 0. The molecule has 0 bridgehead atoms. The maximum Gasteiger partial charge on any atom is 0.330 e. The minimum Gasteiger partial charge on any atom is -0.508 e. The van der Waals surface area contributed by atoms with Crippen LogP contribution in [0.4, 0.5) is 0 Å². The van der Waals surface area contributed by atoms with Gasteiger partial charge in [-0.25, -0.2) is 9.48 Å². The molecule has 0 saturated heterocycles. The molecule has 3 rings (SSSR count). The van der Waals surface area contributed by atoms with Crippen LogP contribution < -0.4 is 0 Å². The van der Waals surface area contributed by atoms with Crippen LogP contribution in [0.2, 0.25) is 0 Å². The number of phenolic OH excluding ortho intramolecular Hbond substituents is 1. The largest absolute Gasteiger partial charge is 0.508 e. The number of carbonyl (C=O) groups excluding carboxylic acids is 1. The van der Waals surface area contributed by atoms with Crippen LogP contribution in [0.3, 0.4) is 0 Å². The van der Waals surface area contributed by atoms with Gasteiger partial charge in [-0.3, -0.25) is 0 Å². The van der Waals surface area contributed by atoms with Gasteiger partial charge in [0.2, 0.25) is 0 Å². The number of aromatic hydroxyl groups is 1. The number of hydrogen-bond donors (Lipinski definition) is 1. The first kappa shape index (κ1) is 16.5. The third kappa shape index (κ3) is 3.95. The summed E-state index contributed by atoms with van der Waals surface area (Å²) in [5.74, 6) is -0.194. The van der Waals surface area contributed by atoms with Crippen molar-refractivity contribution in [3.05, 3.63) is 72.4 Å². The molecule has 0 fully saturated rings. The number of nitrogens with zero attached hydrogens (tertiary/aromatic N) is 2. The molecule has 126 valence electrons. The SMILES string of the molecule is CCOC(=O)/C=C/c1cn(-c2ccc(O)cc2)nc1-c1ccccc1. The average Bonchev–Trinajstić information content (AvgIpc) is 3.06. The lowest BCUT2D eigenvalue weighted by Gasteiger charge is -2.01. The topological polar surface area (TPSA) is 64.3 Å². The number of hydrogen-bond acceptors (Lipinski definition) is 4. The first-order valence-corrected chi connectivity index (χ1v) is 7.96. The van der Waals surface area contributed by atoms with Crippen molar-refractivity contribution < 1.29 is 14.6 Å². The monoisotopic (exact) mass is 334 g/mol. The molecule has 2 aromatic carbocycles. The summed E-state index contributed by atoms with van der Waals surface area (Å²) >= 11 is 0. The van der Waals surface area contributed by atoms with Crippen LogP contribution in [-0.2, 0) is 9.53 Å². The van der Waals surface area contributed by atoms with Gasteiger partial charge in [-0.05, 0) is 37.3 Å². The number of carbonyl (C=O) groups is 1. The maximum absolute atomic E-state index is 11.6. The summed E-state index contributed by atoms with van der Waals surface area (Å²) in [6.07, 6.45) is 4.93. The molecule has 0 amide bonds. The van der Waals surface area contributed by atoms with Crippen molar-refractivity contribution >= 4 is 12.0 Å². The molecule has 0 aliphatic carbocycles. The van der Waals surface area contributed by atoms with Gasteiger partial charge in [0.1, 0.15) is 5.75 Å². The predicted octanol–water partition coefficient (Wildman–Crippen LogP) is 3.82. The molecule has 1 N–H and O–H groups in total. The summed E-state index contributed by atoms with van der Waals surface area (Å²) in [5, 5.41) is 14.1. The van der Waals surface area contributed by atoms with Crippen LogP contribution in [0, 0.1) is 0 Å². The first-order chi connectivity index (χ1) is 12.2. The number of rotatable bonds is 5. The van der Waals surface area contributed by atoms with Crippen molar-refractivity contribution in [2.75, 3.05) is 6.61 Å². The van der Waals surface area contributed by atoms with E-state index in [-0.39, 0.29) is 11.7 Å². The molecule has 0 radical (unpaired) electrons. The summed E-state index contributed by atoms with van der Waals surface area (Å²) < 4.78 is 6.65. The average molecular weight is 334 g/mol. The summed E-state index contributed by atoms with van der Waals surface area (Å²) in [6.45, 7) is 2.10. The highest BCUT2D eigenvalue weighted by molar-refractivity contribution is 5.88. The van der Waals surface area contributed by atoms with E-state index in [1.165, 1.54) is 6.08 Å². The molecule has 0 unspecified atom stereocenters. The molecule has 0 spiro atoms. The molecular formula is C20H18N2O3. The predicted molar refractivity (Wildman–Crippen MR) is 96.3 cm³/mol. The Hall–Kier alpha value is -3.34. The molecule has 0 atom stereocenters. The van der Waals surface area contributed by atoms with Gasteiger partial charge in [0.15, 0.2) is 0 Å². The van der Waals surface area contributed by atoms with Crippen molar-refractivity contribution in [3.8, 4) is 22.7 Å². The number of ether oxygens (including phenoxy) is 1. The Labute approximate surface area is 145 Å². The van der Waals surface area contributed by atoms with E-state index in [0.717, 1.165) is 22.5 Å². The van der Waals surface area contributed by atoms with Crippen molar-refractivity contribution in [3.63, 3.8) is 0 Å². The Morgan fingerprint density at radius 1 is 1.16 bits per heavy atom. The van der Waals surface area contributed by atoms with E-state index in [1.54, 1.807) is 41.9 Å². The van der Waals surface area contributed by atoms with E-state index >= 15 is 0 Å². The van der Waals surface area contributed by atoms with Gasteiger partial charge in [-0.2, -0.15) is 5.10 Å². The first-order valence-electron chi connectivity index (χ1n) is 7.96. The zero-order valence-corrected chi connectivity index (χ0v) is 13.8. The smallest absolute Gasteiger partial charge is 0.330 e. The standard InChI is InChI=1S/C20H18N2O3/c1-2-25-19(24)13-8-16-14-22(17-9-11-18(23)12-10-17)21-20(16)15-6-4-3-5-7-15/h3-14,23H,2H2,1H3/b13-8+. The molecule has 1 heterocycles. The Balaban J connectivity index is 2.02. The summed E-state index contributed by atoms with van der Waals surface area (Å²) in [4.78, 5) is 11.6. The molecule has 0 aliphatic rings. The second-order valence-corrected chi connectivity index (χ2v) is 5.35. The van der Waals surface area contributed by atoms with Gasteiger partial charge in [0.25, 0.3) is 0 Å². The third-order valence-electron chi connectivity index (χ3n) is 3.59. The van der Waals surface area contributed by atoms with E-state index in [2.05, 4.69) is 5.10 Å². The molecule has 0 aliphatic heterocycles. The van der Waals surface area contributed by atoms with E-state index < -0.39 is 0 Å². The van der Waals surface area contributed by atoms with Crippen LogP contribution in [0.15, 0.2) is 66.9 Å². The number of esters is 1. The minimum absolute atomic E-state index is 0.196. The zero-order chi connectivity index (χ0) is 17.6. The van der Waals surface area contributed by atoms with Gasteiger partial charge in [-0.15, -0.1) is 0 Å². The Morgan fingerprint density at radius 2 is 1.88 bits per heavy atom. The summed E-state index contributed by atoms with van der Waals surface area (Å²) in [6, 6.07) is 16.5. The van der Waals surface area contributed by atoms with Crippen LogP contribution in [-0.4, -0.2) is 27.5 Å². The Kier molecular flexibility index (Phi) is 4.95. The van der Waals surface area contributed by atoms with Gasteiger partial charge in [-0.1, -0.05) is 30.3 Å². The maximum atomic E-state index is 11.6. The second kappa shape index (κ2) is 7.49. The Morgan fingerprint density at radius 3 is 2.56 bits per heavy atom. The van der Waals surface area contributed by atoms with E-state index in [9.17, 15) is 9.90 Å². The molecular weight excluding hydrogens is 316 g/mol. The molecule has 3 aromatic rings. The second-order valence-electron chi connectivity index (χ2n) is 5.35. The van der Waals surface area contributed by atoms with Gasteiger partial charge in [0, 0.05) is 23.4 Å². The molecule has 5 nitrogen and oxygen atoms in total. The highest BCUT2D eigenvalue weighted by Crippen LogP contribution is 2.25. The lowest BCUT2D eigenvalue weighted by molar-refractivity contribution is -0.137. The fraction of sp³-hybridized carbons (Fsp3) is 0.100. The normalized spacial score (nSPS) is 10.9. The molecule has 0 saturated carbocycles. The van der Waals surface area contributed by atoms with Crippen LogP contribution in [0.5, 0.6) is 5.75 Å². The number of benzene rings is 2. The molecule has 5 heteroatoms. The van der Waals surface area contributed by atoms with E-state index in [0.29, 0.717) is 6.61 Å². The van der Waals surface area contributed by atoms with Crippen molar-refractivity contribution in [1.29, 1.82) is 0 Å². The molecule has 25 heavy (non-hydrogen) atoms. The fourth-order valence-electron chi connectivity index (χ4n) is 2.42. The van der Waals surface area contributed by atoms with E-state index in [1.807, 2.05) is 36.5 Å². The lowest BCUT2D eigenvalue weighted by Crippen LogP contribution is -1.98. The Bertz CT molecular complexity index is 881. The van der Waals surface area contributed by atoms with Crippen LogP contribution in [0.25, 0.3) is 23.0 Å². The fourth-order valence-corrected chi connectivity index (χ4v) is 2.42. The zero-order valence-electron chi connectivity index (χ0n) is 13.8. The number of phenols is 1. The van der Waals surface area contributed by atoms with Crippen molar-refractivity contribution in [1.82, 2.24) is 9.78 Å². The van der Waals surface area contributed by atoms with Gasteiger partial charge >= 0.3 is 5.97 Å². The third-order valence-corrected chi connectivity index (χ3v) is 3.59. The lowest BCUT2D eigenvalue weighted by atomic mass is 10.1. The van der Waals surface area contributed by atoms with Crippen molar-refractivity contribution in [2.24, 2.45) is 0 Å². The van der Waals surface area contributed by atoms with Gasteiger partial charge in [0.05, 0.1) is 18.0 Å². The van der Waals surface area contributed by atoms with Crippen molar-refractivity contribution in [2.45, 2.75) is 6.92 Å². The molecule has 1 aromatic heterocycles. The van der Waals surface area contributed by atoms with Crippen LogP contribution >= 0.6 is 0 Å². The van der Waals surface area contributed by atoms with Crippen LogP contribution in [0.1, 0.15) is 12.5 Å². The quantitative estimate of drug-likeness (QED) is 0.569. The van der Waals surface area contributed by atoms with Gasteiger partial charge < -0.3 is 9.84 Å². The summed E-state index contributed by atoms with van der Waals surface area (Å²) in [5.41, 5.74) is 3.32. The highest BCUT2D eigenvalue weighted by Gasteiger charge is 2.11.